The molecule has 5 nitrogen and oxygen atoms in total. The molecule has 23 heavy (non-hydrogen) atoms. The molecule has 0 aliphatic rings. The Morgan fingerprint density at radius 1 is 1.09 bits per heavy atom. The van der Waals surface area contributed by atoms with Gasteiger partial charge in [-0.2, -0.15) is 0 Å². The topological polar surface area (TPSA) is 71.8 Å². The number of aromatic nitrogens is 3. The van der Waals surface area contributed by atoms with E-state index in [0.29, 0.717) is 11.3 Å². The lowest BCUT2D eigenvalue weighted by Crippen LogP contribution is -2.11. The van der Waals surface area contributed by atoms with E-state index in [1.807, 2.05) is 37.3 Å². The van der Waals surface area contributed by atoms with Crippen molar-refractivity contribution in [2.45, 2.75) is 6.92 Å². The van der Waals surface area contributed by atoms with Crippen LogP contribution in [0.25, 0.3) is 33.4 Å². The van der Waals surface area contributed by atoms with Gasteiger partial charge >= 0.3 is 0 Å². The van der Waals surface area contributed by atoms with Gasteiger partial charge in [0, 0.05) is 29.4 Å². The van der Waals surface area contributed by atoms with Gasteiger partial charge in [0.2, 0.25) is 0 Å². The van der Waals surface area contributed by atoms with Crippen molar-refractivity contribution in [3.63, 3.8) is 0 Å². The summed E-state index contributed by atoms with van der Waals surface area (Å²) in [6.45, 7) is 1.83. The summed E-state index contributed by atoms with van der Waals surface area (Å²) in [6, 6.07) is 13.3. The molecule has 0 atom stereocenters. The number of nitrogens with one attached hydrogen (secondary N) is 1. The molecule has 4 aromatic rings. The van der Waals surface area contributed by atoms with Crippen molar-refractivity contribution >= 4 is 10.9 Å². The molecular weight excluding hydrogens is 290 g/mol. The monoisotopic (exact) mass is 303 g/mol. The summed E-state index contributed by atoms with van der Waals surface area (Å²) in [5, 5.41) is 4.77. The Bertz CT molecular complexity index is 1050. The lowest BCUT2D eigenvalue weighted by Gasteiger charge is -2.10. The SMILES string of the molecule is Cc1cc(-c2c(-c3ccccc3)c3cnccc3[nH]c2=O)on1. The number of hydrogen-bond acceptors (Lipinski definition) is 4. The lowest BCUT2D eigenvalue weighted by molar-refractivity contribution is 0.427. The van der Waals surface area contributed by atoms with Crippen LogP contribution in [0.1, 0.15) is 5.69 Å². The van der Waals surface area contributed by atoms with Crippen LogP contribution in [0.15, 0.2) is 64.2 Å². The van der Waals surface area contributed by atoms with Gasteiger partial charge in [0.15, 0.2) is 5.76 Å². The molecule has 0 fully saturated rings. The summed E-state index contributed by atoms with van der Waals surface area (Å²) in [7, 11) is 0. The second-order valence-electron chi connectivity index (χ2n) is 5.32. The summed E-state index contributed by atoms with van der Waals surface area (Å²) < 4.78 is 5.35. The van der Waals surface area contributed by atoms with E-state index in [0.717, 1.165) is 27.7 Å². The Morgan fingerprint density at radius 3 is 2.65 bits per heavy atom. The maximum Gasteiger partial charge on any atom is 0.260 e. The second-order valence-corrected chi connectivity index (χ2v) is 5.32. The number of hydrogen-bond donors (Lipinski definition) is 1. The van der Waals surface area contributed by atoms with Gasteiger partial charge in [0.05, 0.1) is 16.8 Å². The smallest absolute Gasteiger partial charge is 0.260 e. The van der Waals surface area contributed by atoms with E-state index in [-0.39, 0.29) is 5.56 Å². The van der Waals surface area contributed by atoms with Gasteiger partial charge in [0.25, 0.3) is 5.56 Å². The van der Waals surface area contributed by atoms with E-state index < -0.39 is 0 Å². The highest BCUT2D eigenvalue weighted by atomic mass is 16.5. The van der Waals surface area contributed by atoms with E-state index in [1.54, 1.807) is 24.5 Å². The molecule has 3 heterocycles. The Hall–Kier alpha value is -3.21. The van der Waals surface area contributed by atoms with Crippen molar-refractivity contribution in [1.82, 2.24) is 15.1 Å². The molecule has 0 amide bonds. The average molecular weight is 303 g/mol. The van der Waals surface area contributed by atoms with Crippen LogP contribution >= 0.6 is 0 Å². The maximum atomic E-state index is 12.7. The van der Waals surface area contributed by atoms with Crippen molar-refractivity contribution in [3.8, 4) is 22.5 Å². The molecule has 1 N–H and O–H groups in total. The van der Waals surface area contributed by atoms with E-state index in [4.69, 9.17) is 4.52 Å². The molecule has 5 heteroatoms. The Kier molecular flexibility index (Phi) is 3.05. The third-order valence-corrected chi connectivity index (χ3v) is 3.75. The first-order valence-electron chi connectivity index (χ1n) is 7.23. The largest absolute Gasteiger partial charge is 0.356 e. The van der Waals surface area contributed by atoms with Crippen molar-refractivity contribution < 1.29 is 4.52 Å². The fraction of sp³-hybridized carbons (Fsp3) is 0.0556. The van der Waals surface area contributed by atoms with Crippen molar-refractivity contribution in [3.05, 3.63) is 70.9 Å². The van der Waals surface area contributed by atoms with Gasteiger partial charge in [-0.05, 0) is 18.6 Å². The molecule has 0 bridgehead atoms. The fourth-order valence-corrected chi connectivity index (χ4v) is 2.76. The molecular formula is C18H13N3O2. The minimum atomic E-state index is -0.210. The first kappa shape index (κ1) is 13.5. The lowest BCUT2D eigenvalue weighted by atomic mass is 9.96. The molecule has 3 aromatic heterocycles. The van der Waals surface area contributed by atoms with Gasteiger partial charge in [0.1, 0.15) is 0 Å². The zero-order valence-electron chi connectivity index (χ0n) is 12.4. The molecule has 112 valence electrons. The normalized spacial score (nSPS) is 11.0. The average Bonchev–Trinajstić information content (AvgIpc) is 3.00. The number of aromatic amines is 1. The number of nitrogens with zero attached hydrogens (tertiary/aromatic N) is 2. The number of benzene rings is 1. The summed E-state index contributed by atoms with van der Waals surface area (Å²) >= 11 is 0. The van der Waals surface area contributed by atoms with Crippen LogP contribution in [0.2, 0.25) is 0 Å². The zero-order chi connectivity index (χ0) is 15.8. The Labute approximate surface area is 131 Å². The van der Waals surface area contributed by atoms with E-state index in [9.17, 15) is 4.79 Å². The molecule has 0 radical (unpaired) electrons. The van der Waals surface area contributed by atoms with Crippen LogP contribution < -0.4 is 5.56 Å². The first-order chi connectivity index (χ1) is 11.2. The summed E-state index contributed by atoms with van der Waals surface area (Å²) in [5.41, 5.74) is 3.46. The fourth-order valence-electron chi connectivity index (χ4n) is 2.76. The maximum absolute atomic E-state index is 12.7. The predicted molar refractivity (Wildman–Crippen MR) is 88.0 cm³/mol. The molecule has 0 unspecified atom stereocenters. The highest BCUT2D eigenvalue weighted by Crippen LogP contribution is 2.34. The molecule has 0 saturated heterocycles. The van der Waals surface area contributed by atoms with Crippen molar-refractivity contribution in [2.75, 3.05) is 0 Å². The third kappa shape index (κ3) is 2.23. The molecule has 0 saturated carbocycles. The number of fused-ring (bicyclic) bond motifs is 1. The van der Waals surface area contributed by atoms with Crippen LogP contribution in [-0.4, -0.2) is 15.1 Å². The minimum absolute atomic E-state index is 0.210. The van der Waals surface area contributed by atoms with E-state index in [1.165, 1.54) is 0 Å². The number of rotatable bonds is 2. The number of pyridine rings is 2. The predicted octanol–water partition coefficient (Wildman–Crippen LogP) is 3.55. The van der Waals surface area contributed by atoms with Crippen LogP contribution in [0.4, 0.5) is 0 Å². The minimum Gasteiger partial charge on any atom is -0.356 e. The Balaban J connectivity index is 2.17. The third-order valence-electron chi connectivity index (χ3n) is 3.75. The van der Waals surface area contributed by atoms with Crippen LogP contribution in [0.3, 0.4) is 0 Å². The molecule has 0 spiro atoms. The van der Waals surface area contributed by atoms with E-state index in [2.05, 4.69) is 15.1 Å². The first-order valence-corrected chi connectivity index (χ1v) is 7.23. The summed E-state index contributed by atoms with van der Waals surface area (Å²) in [4.78, 5) is 19.8. The van der Waals surface area contributed by atoms with E-state index >= 15 is 0 Å². The second kappa shape index (κ2) is 5.21. The highest BCUT2D eigenvalue weighted by Gasteiger charge is 2.19. The van der Waals surface area contributed by atoms with Gasteiger partial charge in [-0.1, -0.05) is 35.5 Å². The molecule has 1 aromatic carbocycles. The number of aryl methyl sites for hydroxylation is 1. The van der Waals surface area contributed by atoms with Gasteiger partial charge in [-0.25, -0.2) is 0 Å². The quantitative estimate of drug-likeness (QED) is 0.614. The summed E-state index contributed by atoms with van der Waals surface area (Å²) in [6.07, 6.45) is 3.41. The van der Waals surface area contributed by atoms with Gasteiger partial charge in [-0.15, -0.1) is 0 Å². The highest BCUT2D eigenvalue weighted by molar-refractivity contribution is 6.00. The molecule has 0 aliphatic carbocycles. The van der Waals surface area contributed by atoms with Crippen molar-refractivity contribution in [2.24, 2.45) is 0 Å². The van der Waals surface area contributed by atoms with Gasteiger partial charge < -0.3 is 9.51 Å². The van der Waals surface area contributed by atoms with Crippen LogP contribution in [0, 0.1) is 6.92 Å². The van der Waals surface area contributed by atoms with Gasteiger partial charge in [-0.3, -0.25) is 9.78 Å². The standard InChI is InChI=1S/C18H13N3O2/c1-11-9-15(23-21-11)17-16(12-5-3-2-4-6-12)13-10-19-8-7-14(13)20-18(17)22/h2-10H,1H3,(H,20,22). The molecule has 4 rings (SSSR count). The Morgan fingerprint density at radius 2 is 1.91 bits per heavy atom. The zero-order valence-corrected chi connectivity index (χ0v) is 12.4. The number of H-pyrrole nitrogens is 1. The molecule has 0 aliphatic heterocycles. The summed E-state index contributed by atoms with van der Waals surface area (Å²) in [5.74, 6) is 0.452. The van der Waals surface area contributed by atoms with Crippen LogP contribution in [-0.2, 0) is 0 Å². The van der Waals surface area contributed by atoms with Crippen LogP contribution in [0.5, 0.6) is 0 Å². The van der Waals surface area contributed by atoms with Crippen molar-refractivity contribution in [1.29, 1.82) is 0 Å².